The predicted octanol–water partition coefficient (Wildman–Crippen LogP) is 1.79. The quantitative estimate of drug-likeness (QED) is 0.274. The lowest BCUT2D eigenvalue weighted by atomic mass is 10.1. The first-order chi connectivity index (χ1) is 8.76. The van der Waals surface area contributed by atoms with Crippen molar-refractivity contribution >= 4 is 5.96 Å². The lowest BCUT2D eigenvalue weighted by Crippen LogP contribution is -2.34. The van der Waals surface area contributed by atoms with E-state index in [1.807, 2.05) is 6.07 Å². The van der Waals surface area contributed by atoms with Crippen LogP contribution in [0, 0.1) is 17.3 Å². The number of nitriles is 1. The second kappa shape index (κ2) is 8.07. The van der Waals surface area contributed by atoms with Crippen LogP contribution in [0.5, 0.6) is 0 Å². The fourth-order valence-electron chi connectivity index (χ4n) is 1.59. The van der Waals surface area contributed by atoms with E-state index in [1.54, 1.807) is 25.4 Å². The van der Waals surface area contributed by atoms with Crippen LogP contribution in [0.3, 0.4) is 0 Å². The van der Waals surface area contributed by atoms with Crippen LogP contribution in [-0.2, 0) is 6.42 Å². The van der Waals surface area contributed by atoms with Gasteiger partial charge in [-0.2, -0.15) is 5.26 Å². The van der Waals surface area contributed by atoms with Gasteiger partial charge in [0.1, 0.15) is 5.82 Å². The van der Waals surface area contributed by atoms with E-state index in [1.165, 1.54) is 6.07 Å². The molecular formula is C13H17FN4. The van der Waals surface area contributed by atoms with Gasteiger partial charge in [-0.1, -0.05) is 12.1 Å². The highest BCUT2D eigenvalue weighted by atomic mass is 19.1. The van der Waals surface area contributed by atoms with E-state index in [4.69, 9.17) is 5.26 Å². The molecule has 18 heavy (non-hydrogen) atoms. The summed E-state index contributed by atoms with van der Waals surface area (Å²) in [5.74, 6) is 0.285. The summed E-state index contributed by atoms with van der Waals surface area (Å²) in [7, 11) is 1.61. The molecule has 0 aliphatic rings. The Labute approximate surface area is 107 Å². The molecule has 0 aliphatic carbocycles. The van der Waals surface area contributed by atoms with Crippen molar-refractivity contribution in [3.8, 4) is 6.19 Å². The molecule has 0 bridgehead atoms. The summed E-state index contributed by atoms with van der Waals surface area (Å²) in [5.41, 5.74) is 1.01. The second-order valence-corrected chi connectivity index (χ2v) is 3.82. The number of hydrogen-bond donors (Lipinski definition) is 2. The van der Waals surface area contributed by atoms with Gasteiger partial charge in [0.25, 0.3) is 0 Å². The summed E-state index contributed by atoms with van der Waals surface area (Å²) in [5, 5.41) is 13.9. The van der Waals surface area contributed by atoms with Crippen molar-refractivity contribution in [2.75, 3.05) is 13.6 Å². The minimum absolute atomic E-state index is 0.191. The lowest BCUT2D eigenvalue weighted by molar-refractivity contribution is 0.623. The highest BCUT2D eigenvalue weighted by Crippen LogP contribution is 2.07. The van der Waals surface area contributed by atoms with Crippen LogP contribution in [0.25, 0.3) is 0 Å². The topological polar surface area (TPSA) is 60.2 Å². The summed E-state index contributed by atoms with van der Waals surface area (Å²) in [6.07, 6.45) is 4.55. The molecule has 0 saturated heterocycles. The second-order valence-electron chi connectivity index (χ2n) is 3.82. The molecule has 0 aromatic heterocycles. The van der Waals surface area contributed by atoms with Gasteiger partial charge in [-0.15, -0.1) is 0 Å². The number of hydrogen-bond acceptors (Lipinski definition) is 2. The van der Waals surface area contributed by atoms with Gasteiger partial charge < -0.3 is 5.32 Å². The maximum Gasteiger partial charge on any atom is 0.204 e. The number of benzene rings is 1. The van der Waals surface area contributed by atoms with Crippen molar-refractivity contribution < 1.29 is 4.39 Å². The molecular weight excluding hydrogens is 231 g/mol. The van der Waals surface area contributed by atoms with Gasteiger partial charge >= 0.3 is 0 Å². The van der Waals surface area contributed by atoms with Crippen molar-refractivity contribution in [2.24, 2.45) is 4.99 Å². The Morgan fingerprint density at radius 1 is 1.44 bits per heavy atom. The molecule has 0 saturated carbocycles. The fraction of sp³-hybridized carbons (Fsp3) is 0.385. The number of rotatable bonds is 5. The number of aliphatic imine (C=N–C) groups is 1. The van der Waals surface area contributed by atoms with Crippen molar-refractivity contribution in [2.45, 2.75) is 19.3 Å². The highest BCUT2D eigenvalue weighted by molar-refractivity contribution is 5.80. The summed E-state index contributed by atoms with van der Waals surface area (Å²) >= 11 is 0. The molecule has 2 N–H and O–H groups in total. The summed E-state index contributed by atoms with van der Waals surface area (Å²) in [6.45, 7) is 0.733. The molecule has 1 aromatic rings. The zero-order chi connectivity index (χ0) is 13.2. The van der Waals surface area contributed by atoms with E-state index >= 15 is 0 Å². The Morgan fingerprint density at radius 3 is 2.94 bits per heavy atom. The molecule has 0 radical (unpaired) electrons. The van der Waals surface area contributed by atoms with Crippen LogP contribution >= 0.6 is 0 Å². The maximum absolute atomic E-state index is 12.9. The Bertz CT molecular complexity index is 437. The summed E-state index contributed by atoms with van der Waals surface area (Å²) < 4.78 is 12.9. The molecule has 1 aromatic carbocycles. The van der Waals surface area contributed by atoms with Gasteiger partial charge in [0, 0.05) is 13.6 Å². The van der Waals surface area contributed by atoms with Crippen molar-refractivity contribution in [3.05, 3.63) is 35.6 Å². The molecule has 0 spiro atoms. The third-order valence-electron chi connectivity index (χ3n) is 2.47. The maximum atomic E-state index is 12.9. The van der Waals surface area contributed by atoms with Gasteiger partial charge in [-0.25, -0.2) is 4.39 Å². The number of guanidine groups is 1. The number of nitrogens with zero attached hydrogens (tertiary/aromatic N) is 2. The Hall–Kier alpha value is -2.09. The van der Waals surface area contributed by atoms with Crippen LogP contribution in [0.1, 0.15) is 18.4 Å². The predicted molar refractivity (Wildman–Crippen MR) is 69.4 cm³/mol. The standard InChI is InChI=1S/C13H17FN4/c1-16-13(18-10-15)17-8-3-2-5-11-6-4-7-12(14)9-11/h4,6-7,9H,2-3,5,8H2,1H3,(H2,16,17,18). The van der Waals surface area contributed by atoms with E-state index in [0.717, 1.165) is 31.4 Å². The number of aryl methyl sites for hydroxylation is 1. The Balaban J connectivity index is 2.18. The van der Waals surface area contributed by atoms with Crippen LogP contribution in [-0.4, -0.2) is 19.6 Å². The summed E-state index contributed by atoms with van der Waals surface area (Å²) in [6, 6.07) is 6.65. The number of nitrogens with one attached hydrogen (secondary N) is 2. The van der Waals surface area contributed by atoms with Gasteiger partial charge in [-0.3, -0.25) is 10.3 Å². The van der Waals surface area contributed by atoms with Crippen LogP contribution < -0.4 is 10.6 Å². The van der Waals surface area contributed by atoms with E-state index in [9.17, 15) is 4.39 Å². The number of halogens is 1. The SMILES string of the molecule is CN=C(NC#N)NCCCCc1cccc(F)c1. The summed E-state index contributed by atoms with van der Waals surface area (Å²) in [4.78, 5) is 3.87. The van der Waals surface area contributed by atoms with Crippen LogP contribution in [0.15, 0.2) is 29.3 Å². The van der Waals surface area contributed by atoms with E-state index in [0.29, 0.717) is 5.96 Å². The zero-order valence-electron chi connectivity index (χ0n) is 10.4. The largest absolute Gasteiger partial charge is 0.356 e. The fourth-order valence-corrected chi connectivity index (χ4v) is 1.59. The van der Waals surface area contributed by atoms with Gasteiger partial charge in [0.05, 0.1) is 0 Å². The first kappa shape index (κ1) is 14.0. The first-order valence-corrected chi connectivity index (χ1v) is 5.86. The van der Waals surface area contributed by atoms with Crippen molar-refractivity contribution in [1.29, 1.82) is 5.26 Å². The molecule has 0 unspecified atom stereocenters. The third kappa shape index (κ3) is 5.30. The number of unbranched alkanes of at least 4 members (excludes halogenated alkanes) is 1. The average Bonchev–Trinajstić information content (AvgIpc) is 2.37. The molecule has 96 valence electrons. The highest BCUT2D eigenvalue weighted by Gasteiger charge is 1.97. The molecule has 0 heterocycles. The minimum Gasteiger partial charge on any atom is -0.356 e. The van der Waals surface area contributed by atoms with Gasteiger partial charge in [0.2, 0.25) is 5.96 Å². The van der Waals surface area contributed by atoms with Crippen molar-refractivity contribution in [1.82, 2.24) is 10.6 Å². The lowest BCUT2D eigenvalue weighted by Gasteiger charge is -2.06. The molecule has 0 aliphatic heterocycles. The van der Waals surface area contributed by atoms with E-state index < -0.39 is 0 Å². The molecule has 4 nitrogen and oxygen atoms in total. The average molecular weight is 248 g/mol. The van der Waals surface area contributed by atoms with Gasteiger partial charge in [-0.05, 0) is 37.0 Å². The molecule has 0 amide bonds. The van der Waals surface area contributed by atoms with E-state index in [2.05, 4.69) is 15.6 Å². The monoisotopic (exact) mass is 248 g/mol. The van der Waals surface area contributed by atoms with Crippen molar-refractivity contribution in [3.63, 3.8) is 0 Å². The minimum atomic E-state index is -0.191. The third-order valence-corrected chi connectivity index (χ3v) is 2.47. The van der Waals surface area contributed by atoms with Gasteiger partial charge in [0.15, 0.2) is 6.19 Å². The molecule has 0 atom stereocenters. The molecule has 0 fully saturated rings. The smallest absolute Gasteiger partial charge is 0.204 e. The van der Waals surface area contributed by atoms with E-state index in [-0.39, 0.29) is 5.82 Å². The Morgan fingerprint density at radius 2 is 2.28 bits per heavy atom. The molecule has 1 rings (SSSR count). The zero-order valence-corrected chi connectivity index (χ0v) is 10.4. The van der Waals surface area contributed by atoms with Crippen LogP contribution in [0.2, 0.25) is 0 Å². The normalized spacial score (nSPS) is 10.8. The first-order valence-electron chi connectivity index (χ1n) is 5.86. The Kier molecular flexibility index (Phi) is 6.26. The van der Waals surface area contributed by atoms with Crippen LogP contribution in [0.4, 0.5) is 4.39 Å². The molecule has 5 heteroatoms.